The van der Waals surface area contributed by atoms with E-state index in [0.29, 0.717) is 5.33 Å². The molecule has 0 aliphatic carbocycles. The van der Waals surface area contributed by atoms with Gasteiger partial charge in [-0.05, 0) is 12.8 Å². The Hall–Kier alpha value is -0.240. The molecule has 0 amide bonds. The maximum absolute atomic E-state index is 12.1. The van der Waals surface area contributed by atoms with E-state index in [2.05, 4.69) is 15.9 Å². The van der Waals surface area contributed by atoms with Crippen molar-refractivity contribution in [1.82, 2.24) is 0 Å². The minimum atomic E-state index is -5.73. The molecule has 0 heterocycles. The van der Waals surface area contributed by atoms with Crippen molar-refractivity contribution in [1.29, 1.82) is 0 Å². The van der Waals surface area contributed by atoms with E-state index >= 15 is 0 Å². The van der Waals surface area contributed by atoms with Crippen molar-refractivity contribution < 1.29 is 31.4 Å². The van der Waals surface area contributed by atoms with Crippen molar-refractivity contribution in [2.24, 2.45) is 0 Å². The monoisotopic (exact) mass is 314 g/mol. The maximum atomic E-state index is 12.1. The summed E-state index contributed by atoms with van der Waals surface area (Å²) in [5.41, 5.74) is -4.64. The lowest BCUT2D eigenvalue weighted by Gasteiger charge is -2.31. The summed E-state index contributed by atoms with van der Waals surface area (Å²) in [6.45, 7) is 0. The van der Waals surface area contributed by atoms with Crippen LogP contribution < -0.4 is 0 Å². The molecule has 0 rings (SSSR count). The first-order chi connectivity index (χ1) is 7.06. The van der Waals surface area contributed by atoms with Crippen LogP contribution in [0.3, 0.4) is 0 Å². The molecule has 0 aromatic rings. The summed E-state index contributed by atoms with van der Waals surface area (Å²) in [7, 11) is 0. The molecule has 0 unspecified atom stereocenters. The fraction of sp³-hybridized carbons (Fsp3) is 0.750. The van der Waals surface area contributed by atoms with Gasteiger partial charge in [0, 0.05) is 5.33 Å². The first kappa shape index (κ1) is 15.8. The molecule has 1 N–H and O–H groups in total. The van der Waals surface area contributed by atoms with Gasteiger partial charge in [0.15, 0.2) is 0 Å². The van der Waals surface area contributed by atoms with Crippen molar-refractivity contribution in [2.45, 2.75) is 30.8 Å². The standard InChI is InChI=1S/C8H9BrF6O/c9-5-3-1-2-4-6(16,7(10,11)12)8(13,14)15/h1,3,16H,2,4-5H2. The van der Waals surface area contributed by atoms with Crippen LogP contribution in [0.5, 0.6) is 0 Å². The Morgan fingerprint density at radius 3 is 1.69 bits per heavy atom. The fourth-order valence-corrected chi connectivity index (χ4v) is 1.18. The minimum Gasteiger partial charge on any atom is -0.374 e. The first-order valence-corrected chi connectivity index (χ1v) is 5.25. The van der Waals surface area contributed by atoms with Gasteiger partial charge >= 0.3 is 12.4 Å². The molecule has 0 aliphatic rings. The predicted molar refractivity (Wildman–Crippen MR) is 49.2 cm³/mol. The summed E-state index contributed by atoms with van der Waals surface area (Å²) in [6, 6.07) is 0. The van der Waals surface area contributed by atoms with Gasteiger partial charge in [0.25, 0.3) is 5.60 Å². The average molecular weight is 315 g/mol. The lowest BCUT2D eigenvalue weighted by Crippen LogP contribution is -2.56. The van der Waals surface area contributed by atoms with Crippen LogP contribution in [-0.2, 0) is 0 Å². The number of halogens is 7. The van der Waals surface area contributed by atoms with Crippen LogP contribution in [0.2, 0.25) is 0 Å². The minimum absolute atomic E-state index is 0.323. The van der Waals surface area contributed by atoms with E-state index in [4.69, 9.17) is 5.11 Å². The number of rotatable bonds is 4. The van der Waals surface area contributed by atoms with Crippen LogP contribution in [0, 0.1) is 0 Å². The third-order valence-corrected chi connectivity index (χ3v) is 2.24. The van der Waals surface area contributed by atoms with E-state index in [1.165, 1.54) is 6.08 Å². The molecule has 96 valence electrons. The number of alkyl halides is 7. The number of hydrogen-bond donors (Lipinski definition) is 1. The van der Waals surface area contributed by atoms with Gasteiger partial charge in [0.05, 0.1) is 0 Å². The Labute approximate surface area is 96.3 Å². The van der Waals surface area contributed by atoms with Gasteiger partial charge in [0.1, 0.15) is 0 Å². The van der Waals surface area contributed by atoms with Crippen molar-refractivity contribution in [3.8, 4) is 0 Å². The highest BCUT2D eigenvalue weighted by molar-refractivity contribution is 9.09. The molecule has 8 heteroatoms. The Kier molecular flexibility index (Phi) is 5.31. The fourth-order valence-electron chi connectivity index (χ4n) is 0.917. The Balaban J connectivity index is 4.78. The zero-order chi connectivity index (χ0) is 13.0. The summed E-state index contributed by atoms with van der Waals surface area (Å²) in [5.74, 6) is 0. The molecule has 16 heavy (non-hydrogen) atoms. The number of allylic oxidation sites excluding steroid dienone is 2. The lowest BCUT2D eigenvalue weighted by molar-refractivity contribution is -0.369. The highest BCUT2D eigenvalue weighted by Crippen LogP contribution is 2.45. The van der Waals surface area contributed by atoms with E-state index < -0.39 is 30.8 Å². The maximum Gasteiger partial charge on any atom is 0.426 e. The molecule has 0 spiro atoms. The SMILES string of the molecule is OC(CCC=CCBr)(C(F)(F)F)C(F)(F)F. The second-order valence-corrected chi connectivity index (χ2v) is 3.67. The zero-order valence-electron chi connectivity index (χ0n) is 7.87. The molecule has 0 aliphatic heterocycles. The van der Waals surface area contributed by atoms with Gasteiger partial charge in [-0.15, -0.1) is 0 Å². The van der Waals surface area contributed by atoms with Gasteiger partial charge in [-0.2, -0.15) is 26.3 Å². The topological polar surface area (TPSA) is 20.2 Å². The third-order valence-electron chi connectivity index (χ3n) is 1.87. The van der Waals surface area contributed by atoms with E-state index in [1.807, 2.05) is 0 Å². The molecule has 0 aromatic carbocycles. The molecular formula is C8H9BrF6O. The second kappa shape index (κ2) is 5.39. The molecule has 0 saturated heterocycles. The predicted octanol–water partition coefficient (Wildman–Crippen LogP) is 3.57. The van der Waals surface area contributed by atoms with Gasteiger partial charge in [0.2, 0.25) is 0 Å². The molecule has 0 aromatic heterocycles. The molecule has 0 bridgehead atoms. The van der Waals surface area contributed by atoms with E-state index in [1.54, 1.807) is 0 Å². The molecule has 0 fully saturated rings. The quantitative estimate of drug-likeness (QED) is 0.478. The van der Waals surface area contributed by atoms with Gasteiger partial charge < -0.3 is 5.11 Å². The van der Waals surface area contributed by atoms with Gasteiger partial charge in [-0.1, -0.05) is 28.1 Å². The van der Waals surface area contributed by atoms with Crippen molar-refractivity contribution >= 4 is 15.9 Å². The van der Waals surface area contributed by atoms with Gasteiger partial charge in [-0.25, -0.2) is 0 Å². The van der Waals surface area contributed by atoms with Crippen molar-refractivity contribution in [3.63, 3.8) is 0 Å². The Morgan fingerprint density at radius 1 is 0.938 bits per heavy atom. The van der Waals surface area contributed by atoms with Crippen LogP contribution >= 0.6 is 15.9 Å². The third kappa shape index (κ3) is 3.65. The van der Waals surface area contributed by atoms with Crippen LogP contribution in [-0.4, -0.2) is 28.4 Å². The van der Waals surface area contributed by atoms with Crippen LogP contribution in [0.4, 0.5) is 26.3 Å². The molecule has 0 saturated carbocycles. The first-order valence-electron chi connectivity index (χ1n) is 4.13. The van der Waals surface area contributed by atoms with E-state index in [-0.39, 0.29) is 0 Å². The lowest BCUT2D eigenvalue weighted by atomic mass is 9.96. The summed E-state index contributed by atoms with van der Waals surface area (Å²) >= 11 is 2.92. The zero-order valence-corrected chi connectivity index (χ0v) is 9.45. The molecule has 1 nitrogen and oxygen atoms in total. The smallest absolute Gasteiger partial charge is 0.374 e. The second-order valence-electron chi connectivity index (χ2n) is 3.02. The largest absolute Gasteiger partial charge is 0.426 e. The van der Waals surface area contributed by atoms with Gasteiger partial charge in [-0.3, -0.25) is 0 Å². The summed E-state index contributed by atoms with van der Waals surface area (Å²) in [6.07, 6.45) is -10.9. The van der Waals surface area contributed by atoms with Crippen molar-refractivity contribution in [2.75, 3.05) is 5.33 Å². The Morgan fingerprint density at radius 2 is 1.38 bits per heavy atom. The van der Waals surface area contributed by atoms with Crippen LogP contribution in [0.25, 0.3) is 0 Å². The Bertz CT molecular complexity index is 230. The van der Waals surface area contributed by atoms with Crippen molar-refractivity contribution in [3.05, 3.63) is 12.2 Å². The van der Waals surface area contributed by atoms with Crippen LogP contribution in [0.15, 0.2) is 12.2 Å². The number of hydrogen-bond acceptors (Lipinski definition) is 1. The molecule has 0 radical (unpaired) electrons. The average Bonchev–Trinajstić information content (AvgIpc) is 2.08. The summed E-state index contributed by atoms with van der Waals surface area (Å²) in [5, 5.41) is 9.01. The number of aliphatic hydroxyl groups is 1. The summed E-state index contributed by atoms with van der Waals surface area (Å²) < 4.78 is 72.6. The normalized spacial score (nSPS) is 14.8. The highest BCUT2D eigenvalue weighted by Gasteiger charge is 2.69. The molecular weight excluding hydrogens is 306 g/mol. The van der Waals surface area contributed by atoms with E-state index in [9.17, 15) is 26.3 Å². The van der Waals surface area contributed by atoms with Crippen LogP contribution in [0.1, 0.15) is 12.8 Å². The van der Waals surface area contributed by atoms with E-state index in [0.717, 1.165) is 6.08 Å². The highest BCUT2D eigenvalue weighted by atomic mass is 79.9. The summed E-state index contributed by atoms with van der Waals surface area (Å²) in [4.78, 5) is 0. The molecule has 0 atom stereocenters.